The lowest BCUT2D eigenvalue weighted by Gasteiger charge is -2.27. The number of hydrogen-bond donors (Lipinski definition) is 0. The average molecular weight is 437 g/mol. The van der Waals surface area contributed by atoms with Crippen LogP contribution in [0.4, 0.5) is 0 Å². The van der Waals surface area contributed by atoms with Gasteiger partial charge in [-0.2, -0.15) is 5.10 Å². The van der Waals surface area contributed by atoms with E-state index in [1.807, 2.05) is 36.4 Å². The molecule has 2 atom stereocenters. The van der Waals surface area contributed by atoms with E-state index in [1.54, 1.807) is 11.3 Å². The van der Waals surface area contributed by atoms with Crippen molar-refractivity contribution in [2.45, 2.75) is 31.3 Å². The molecule has 0 aliphatic carbocycles. The van der Waals surface area contributed by atoms with Gasteiger partial charge in [0, 0.05) is 30.4 Å². The lowest BCUT2D eigenvalue weighted by Crippen LogP contribution is -2.38. The summed E-state index contributed by atoms with van der Waals surface area (Å²) in [6, 6.07) is 15.6. The van der Waals surface area contributed by atoms with Crippen LogP contribution in [0.25, 0.3) is 0 Å². The molecular formula is C24H25ClN4O2. The fraction of sp³-hybridized carbons (Fsp3) is 0.333. The number of hydrogen-bond acceptors (Lipinski definition) is 4. The lowest BCUT2D eigenvalue weighted by atomic mass is 10.0. The van der Waals surface area contributed by atoms with Crippen LogP contribution in [0.5, 0.6) is 0 Å². The van der Waals surface area contributed by atoms with E-state index in [4.69, 9.17) is 21.1 Å². The van der Waals surface area contributed by atoms with Gasteiger partial charge in [0.2, 0.25) is 0 Å². The number of hydrazone groups is 1. The van der Waals surface area contributed by atoms with E-state index >= 15 is 0 Å². The van der Waals surface area contributed by atoms with Crippen LogP contribution < -0.4 is 0 Å². The molecule has 0 spiro atoms. The Bertz CT molecular complexity index is 1090. The topological polar surface area (TPSA) is 54.0 Å². The highest BCUT2D eigenvalue weighted by Gasteiger charge is 2.37. The molecule has 2 aliphatic heterocycles. The van der Waals surface area contributed by atoms with Crippen molar-refractivity contribution in [1.29, 1.82) is 0 Å². The Kier molecular flexibility index (Phi) is 5.42. The van der Waals surface area contributed by atoms with E-state index in [0.717, 1.165) is 36.4 Å². The molecule has 1 fully saturated rings. The molecule has 0 radical (unpaired) electrons. The molecule has 1 saturated heterocycles. The third-order valence-corrected chi connectivity index (χ3v) is 6.49. The third-order valence-electron chi connectivity index (χ3n) is 6.24. The maximum Gasteiger partial charge on any atom is 0.257 e. The number of aryl methyl sites for hydroxylation is 1. The Morgan fingerprint density at radius 1 is 1.16 bits per heavy atom. The third kappa shape index (κ3) is 3.93. The number of nitrogens with zero attached hydrogens (tertiary/aromatic N) is 4. The number of rotatable bonds is 5. The normalized spacial score (nSPS) is 21.6. The first-order valence-corrected chi connectivity index (χ1v) is 11.0. The van der Waals surface area contributed by atoms with Crippen molar-refractivity contribution in [3.8, 4) is 0 Å². The van der Waals surface area contributed by atoms with Gasteiger partial charge in [-0.1, -0.05) is 23.7 Å². The lowest BCUT2D eigenvalue weighted by molar-refractivity contribution is -0.134. The molecule has 3 aromatic rings. The van der Waals surface area contributed by atoms with Crippen LogP contribution in [0.3, 0.4) is 0 Å². The molecule has 2 aromatic heterocycles. The maximum absolute atomic E-state index is 13.4. The molecule has 0 bridgehead atoms. The van der Waals surface area contributed by atoms with E-state index in [2.05, 4.69) is 34.8 Å². The van der Waals surface area contributed by atoms with Crippen molar-refractivity contribution in [3.63, 3.8) is 0 Å². The summed E-state index contributed by atoms with van der Waals surface area (Å²) in [4.78, 5) is 15.7. The number of likely N-dealkylation sites (tertiary alicyclic amines) is 1. The summed E-state index contributed by atoms with van der Waals surface area (Å²) < 4.78 is 7.81. The highest BCUT2D eigenvalue weighted by Crippen LogP contribution is 2.35. The van der Waals surface area contributed by atoms with Crippen molar-refractivity contribution >= 4 is 23.2 Å². The predicted molar refractivity (Wildman–Crippen MR) is 120 cm³/mol. The largest absolute Gasteiger partial charge is 0.467 e. The summed E-state index contributed by atoms with van der Waals surface area (Å²) >= 11 is 6.04. The number of furan rings is 1. The molecule has 7 heteroatoms. The van der Waals surface area contributed by atoms with Gasteiger partial charge in [0.05, 0.1) is 24.6 Å². The molecule has 1 amide bonds. The van der Waals surface area contributed by atoms with Crippen molar-refractivity contribution in [2.75, 3.05) is 13.1 Å². The van der Waals surface area contributed by atoms with Crippen LogP contribution in [-0.2, 0) is 11.8 Å². The van der Waals surface area contributed by atoms with Gasteiger partial charge in [-0.3, -0.25) is 9.69 Å². The fourth-order valence-corrected chi connectivity index (χ4v) is 4.80. The summed E-state index contributed by atoms with van der Waals surface area (Å²) in [5.74, 6) is 0.743. The minimum Gasteiger partial charge on any atom is -0.467 e. The second-order valence-electron chi connectivity index (χ2n) is 8.20. The zero-order valence-corrected chi connectivity index (χ0v) is 18.2. The molecule has 6 nitrogen and oxygen atoms in total. The number of halogens is 1. The SMILES string of the molecule is Cn1cccc1[C@@H]1CCCN1CC(=O)N1N=C(c2ccc(Cl)cc2)C[C@@H]1c1ccco1. The van der Waals surface area contributed by atoms with Crippen LogP contribution in [-0.4, -0.2) is 39.2 Å². The molecule has 31 heavy (non-hydrogen) atoms. The van der Waals surface area contributed by atoms with Crippen LogP contribution in [0.2, 0.25) is 5.02 Å². The van der Waals surface area contributed by atoms with Crippen molar-refractivity contribution in [3.05, 3.63) is 83.0 Å². The summed E-state index contributed by atoms with van der Waals surface area (Å²) in [5.41, 5.74) is 3.09. The van der Waals surface area contributed by atoms with Gasteiger partial charge in [-0.25, -0.2) is 5.01 Å². The maximum atomic E-state index is 13.4. The Morgan fingerprint density at radius 2 is 2.00 bits per heavy atom. The molecule has 4 heterocycles. The van der Waals surface area contributed by atoms with Gasteiger partial charge in [0.15, 0.2) is 0 Å². The van der Waals surface area contributed by atoms with Crippen LogP contribution in [0, 0.1) is 0 Å². The summed E-state index contributed by atoms with van der Waals surface area (Å²) in [7, 11) is 2.06. The quantitative estimate of drug-likeness (QED) is 0.578. The Labute approximate surface area is 186 Å². The zero-order chi connectivity index (χ0) is 21.4. The molecular weight excluding hydrogens is 412 g/mol. The second-order valence-corrected chi connectivity index (χ2v) is 8.64. The Hall–Kier alpha value is -2.83. The highest BCUT2D eigenvalue weighted by molar-refractivity contribution is 6.30. The van der Waals surface area contributed by atoms with Crippen LogP contribution in [0.1, 0.15) is 48.4 Å². The molecule has 0 saturated carbocycles. The van der Waals surface area contributed by atoms with E-state index in [0.29, 0.717) is 18.0 Å². The van der Waals surface area contributed by atoms with Gasteiger partial charge >= 0.3 is 0 Å². The average Bonchev–Trinajstić information content (AvgIpc) is 3.55. The Balaban J connectivity index is 1.39. The highest BCUT2D eigenvalue weighted by atomic mass is 35.5. The van der Waals surface area contributed by atoms with E-state index in [9.17, 15) is 4.79 Å². The molecule has 5 rings (SSSR count). The summed E-state index contributed by atoms with van der Waals surface area (Å²) in [6.45, 7) is 1.25. The van der Waals surface area contributed by atoms with Gasteiger partial charge in [-0.15, -0.1) is 0 Å². The predicted octanol–water partition coefficient (Wildman–Crippen LogP) is 4.79. The van der Waals surface area contributed by atoms with E-state index < -0.39 is 0 Å². The van der Waals surface area contributed by atoms with E-state index in [1.165, 1.54) is 5.69 Å². The molecule has 0 N–H and O–H groups in total. The number of carbonyl (C=O) groups is 1. The van der Waals surface area contributed by atoms with Crippen molar-refractivity contribution < 1.29 is 9.21 Å². The first-order valence-electron chi connectivity index (χ1n) is 10.6. The van der Waals surface area contributed by atoms with Crippen molar-refractivity contribution in [2.24, 2.45) is 12.1 Å². The first-order chi connectivity index (χ1) is 15.1. The van der Waals surface area contributed by atoms with Gasteiger partial charge in [0.25, 0.3) is 5.91 Å². The second kappa shape index (κ2) is 8.36. The molecule has 160 valence electrons. The molecule has 0 unspecified atom stereocenters. The van der Waals surface area contributed by atoms with Crippen LogP contribution in [0.15, 0.2) is 70.5 Å². The summed E-state index contributed by atoms with van der Waals surface area (Å²) in [6.07, 6.45) is 6.46. The monoisotopic (exact) mass is 436 g/mol. The Morgan fingerprint density at radius 3 is 2.71 bits per heavy atom. The van der Waals surface area contributed by atoms with Gasteiger partial charge in [0.1, 0.15) is 11.8 Å². The number of amides is 1. The first kappa shape index (κ1) is 20.1. The summed E-state index contributed by atoms with van der Waals surface area (Å²) in [5, 5.41) is 7.03. The van der Waals surface area contributed by atoms with Gasteiger partial charge in [-0.05, 0) is 61.3 Å². The molecule has 2 aliphatic rings. The molecule has 1 aromatic carbocycles. The van der Waals surface area contributed by atoms with Crippen molar-refractivity contribution in [1.82, 2.24) is 14.5 Å². The van der Waals surface area contributed by atoms with Crippen LogP contribution >= 0.6 is 11.6 Å². The number of benzene rings is 1. The number of aromatic nitrogens is 1. The number of carbonyl (C=O) groups excluding carboxylic acids is 1. The fourth-order valence-electron chi connectivity index (χ4n) is 4.68. The van der Waals surface area contributed by atoms with E-state index in [-0.39, 0.29) is 18.0 Å². The zero-order valence-electron chi connectivity index (χ0n) is 17.4. The minimum absolute atomic E-state index is 0.00790. The van der Waals surface area contributed by atoms with Gasteiger partial charge < -0.3 is 8.98 Å². The standard InChI is InChI=1S/C24H25ClN4O2/c1-27-12-2-5-20(27)21-6-3-13-28(21)16-24(30)29-22(23-7-4-14-31-23)15-19(26-29)17-8-10-18(25)11-9-17/h2,4-5,7-12,14,21-22H,3,6,13,15-16H2,1H3/t21-,22+/m0/s1. The minimum atomic E-state index is -0.232. The smallest absolute Gasteiger partial charge is 0.257 e.